The number of ether oxygens (including phenoxy) is 1. The Morgan fingerprint density at radius 1 is 1.10 bits per heavy atom. The smallest absolute Gasteiger partial charge is 0.131 e. The summed E-state index contributed by atoms with van der Waals surface area (Å²) in [5.41, 5.74) is 7.30. The monoisotopic (exact) mass is 291 g/mol. The molecule has 21 heavy (non-hydrogen) atoms. The molecular weight excluding hydrogens is 272 g/mol. The molecule has 0 aliphatic heterocycles. The number of rotatable bonds is 5. The molecule has 0 aliphatic carbocycles. The zero-order chi connectivity index (χ0) is 15.4. The van der Waals surface area contributed by atoms with E-state index in [1.807, 2.05) is 6.92 Å². The minimum Gasteiger partial charge on any atom is -0.496 e. The lowest BCUT2D eigenvalue weighted by Gasteiger charge is -2.14. The molecule has 2 nitrogen and oxygen atoms in total. The van der Waals surface area contributed by atoms with E-state index in [0.29, 0.717) is 23.4 Å². The topological polar surface area (TPSA) is 35.2 Å². The van der Waals surface area contributed by atoms with Crippen LogP contribution in [0.1, 0.15) is 24.8 Å². The van der Waals surface area contributed by atoms with Gasteiger partial charge in [-0.15, -0.1) is 0 Å². The fourth-order valence-corrected chi connectivity index (χ4v) is 2.36. The molecule has 1 atom stereocenters. The van der Waals surface area contributed by atoms with Crippen LogP contribution >= 0.6 is 0 Å². The predicted octanol–water partition coefficient (Wildman–Crippen LogP) is 4.09. The molecule has 0 aliphatic rings. The van der Waals surface area contributed by atoms with Crippen LogP contribution in [0.15, 0.2) is 36.4 Å². The molecule has 4 heteroatoms. The number of nitrogens with two attached hydrogens (primary N) is 1. The molecule has 0 heterocycles. The molecule has 0 radical (unpaired) electrons. The van der Waals surface area contributed by atoms with Crippen LogP contribution in [0, 0.1) is 11.6 Å². The van der Waals surface area contributed by atoms with Crippen molar-refractivity contribution in [2.45, 2.75) is 19.3 Å². The van der Waals surface area contributed by atoms with Crippen LogP contribution in [-0.4, -0.2) is 13.7 Å². The average molecular weight is 291 g/mol. The largest absolute Gasteiger partial charge is 0.496 e. The molecule has 0 fully saturated rings. The fourth-order valence-electron chi connectivity index (χ4n) is 2.36. The van der Waals surface area contributed by atoms with Crippen LogP contribution in [-0.2, 0) is 0 Å². The molecule has 1 unspecified atom stereocenters. The summed E-state index contributed by atoms with van der Waals surface area (Å²) in [5, 5.41) is 0. The van der Waals surface area contributed by atoms with Gasteiger partial charge in [0.2, 0.25) is 0 Å². The standard InChI is InChI=1S/C17H19F2NO/c1-11(7-8-20)12-3-5-16(19)14(9-12)15-10-13(18)4-6-17(15)21-2/h3-6,9-11H,7-8,20H2,1-2H3. The molecule has 112 valence electrons. The van der Waals surface area contributed by atoms with Crippen LogP contribution in [0.2, 0.25) is 0 Å². The van der Waals surface area contributed by atoms with Crippen molar-refractivity contribution in [1.29, 1.82) is 0 Å². The van der Waals surface area contributed by atoms with Gasteiger partial charge in [-0.25, -0.2) is 8.78 Å². The van der Waals surface area contributed by atoms with E-state index in [2.05, 4.69) is 0 Å². The van der Waals surface area contributed by atoms with Gasteiger partial charge in [0.05, 0.1) is 7.11 Å². The lowest BCUT2D eigenvalue weighted by Crippen LogP contribution is -2.05. The highest BCUT2D eigenvalue weighted by Crippen LogP contribution is 2.34. The zero-order valence-corrected chi connectivity index (χ0v) is 12.2. The van der Waals surface area contributed by atoms with Crippen molar-refractivity contribution in [1.82, 2.24) is 0 Å². The summed E-state index contributed by atoms with van der Waals surface area (Å²) in [6, 6.07) is 8.97. The third-order valence-corrected chi connectivity index (χ3v) is 3.61. The first kappa shape index (κ1) is 15.4. The molecular formula is C17H19F2NO. The van der Waals surface area contributed by atoms with E-state index < -0.39 is 11.6 Å². The summed E-state index contributed by atoms with van der Waals surface area (Å²) in [4.78, 5) is 0. The number of benzene rings is 2. The number of hydrogen-bond acceptors (Lipinski definition) is 2. The Morgan fingerprint density at radius 2 is 1.86 bits per heavy atom. The Bertz CT molecular complexity index is 628. The first-order chi connectivity index (χ1) is 10.1. The molecule has 0 saturated carbocycles. The van der Waals surface area contributed by atoms with Gasteiger partial charge in [-0.3, -0.25) is 0 Å². The van der Waals surface area contributed by atoms with Crippen molar-refractivity contribution in [3.8, 4) is 16.9 Å². The molecule has 0 bridgehead atoms. The minimum absolute atomic E-state index is 0.217. The van der Waals surface area contributed by atoms with Crippen molar-refractivity contribution in [3.63, 3.8) is 0 Å². The molecule has 0 aromatic heterocycles. The SMILES string of the molecule is COc1ccc(F)cc1-c1cc(C(C)CCN)ccc1F. The molecule has 0 spiro atoms. The highest BCUT2D eigenvalue weighted by molar-refractivity contribution is 5.71. The van der Waals surface area contributed by atoms with Gasteiger partial charge in [0.1, 0.15) is 17.4 Å². The molecule has 2 rings (SSSR count). The van der Waals surface area contributed by atoms with E-state index in [4.69, 9.17) is 10.5 Å². The van der Waals surface area contributed by atoms with E-state index in [-0.39, 0.29) is 5.92 Å². The Morgan fingerprint density at radius 3 is 2.52 bits per heavy atom. The second-order valence-electron chi connectivity index (χ2n) is 5.06. The van der Waals surface area contributed by atoms with E-state index in [0.717, 1.165) is 12.0 Å². The summed E-state index contributed by atoms with van der Waals surface area (Å²) >= 11 is 0. The first-order valence-electron chi connectivity index (χ1n) is 6.90. The van der Waals surface area contributed by atoms with E-state index in [1.165, 1.54) is 31.4 Å². The maximum absolute atomic E-state index is 14.1. The number of hydrogen-bond donors (Lipinski definition) is 1. The molecule has 2 aromatic carbocycles. The normalized spacial score (nSPS) is 12.2. The molecule has 2 N–H and O–H groups in total. The lowest BCUT2D eigenvalue weighted by atomic mass is 9.93. The van der Waals surface area contributed by atoms with Crippen molar-refractivity contribution in [2.75, 3.05) is 13.7 Å². The molecule has 0 saturated heterocycles. The van der Waals surface area contributed by atoms with Crippen LogP contribution < -0.4 is 10.5 Å². The van der Waals surface area contributed by atoms with Crippen molar-refractivity contribution < 1.29 is 13.5 Å². The van der Waals surface area contributed by atoms with Gasteiger partial charge in [0.25, 0.3) is 0 Å². The summed E-state index contributed by atoms with van der Waals surface area (Å²) in [6.07, 6.45) is 0.811. The minimum atomic E-state index is -0.425. The highest BCUT2D eigenvalue weighted by Gasteiger charge is 2.14. The van der Waals surface area contributed by atoms with Crippen molar-refractivity contribution >= 4 is 0 Å². The van der Waals surface area contributed by atoms with Crippen LogP contribution in [0.4, 0.5) is 8.78 Å². The zero-order valence-electron chi connectivity index (χ0n) is 12.2. The van der Waals surface area contributed by atoms with Crippen LogP contribution in [0.3, 0.4) is 0 Å². The Hall–Kier alpha value is -1.94. The maximum atomic E-state index is 14.1. The average Bonchev–Trinajstić information content (AvgIpc) is 2.48. The third-order valence-electron chi connectivity index (χ3n) is 3.61. The van der Waals surface area contributed by atoms with Crippen LogP contribution in [0.25, 0.3) is 11.1 Å². The van der Waals surface area contributed by atoms with Crippen LogP contribution in [0.5, 0.6) is 5.75 Å². The fraction of sp³-hybridized carbons (Fsp3) is 0.294. The molecule has 2 aromatic rings. The van der Waals surface area contributed by atoms with E-state index in [9.17, 15) is 8.78 Å². The van der Waals surface area contributed by atoms with Gasteiger partial charge < -0.3 is 10.5 Å². The van der Waals surface area contributed by atoms with Gasteiger partial charge in [0, 0.05) is 11.1 Å². The van der Waals surface area contributed by atoms with Gasteiger partial charge in [-0.2, -0.15) is 0 Å². The summed E-state index contributed by atoms with van der Waals surface area (Å²) < 4.78 is 32.8. The van der Waals surface area contributed by atoms with Gasteiger partial charge in [-0.05, 0) is 54.8 Å². The Labute approximate surface area is 123 Å². The summed E-state index contributed by atoms with van der Waals surface area (Å²) in [7, 11) is 1.48. The Kier molecular flexibility index (Phi) is 4.91. The summed E-state index contributed by atoms with van der Waals surface area (Å²) in [5.74, 6) is -0.166. The third kappa shape index (κ3) is 3.39. The predicted molar refractivity (Wildman–Crippen MR) is 80.4 cm³/mol. The number of methoxy groups -OCH3 is 1. The molecule has 0 amide bonds. The van der Waals surface area contributed by atoms with Gasteiger partial charge in [0.15, 0.2) is 0 Å². The highest BCUT2D eigenvalue weighted by atomic mass is 19.1. The lowest BCUT2D eigenvalue weighted by molar-refractivity contribution is 0.415. The second-order valence-corrected chi connectivity index (χ2v) is 5.06. The summed E-state index contributed by atoms with van der Waals surface area (Å²) in [6.45, 7) is 2.60. The first-order valence-corrected chi connectivity index (χ1v) is 6.90. The van der Waals surface area contributed by atoms with Crippen molar-refractivity contribution in [2.24, 2.45) is 5.73 Å². The van der Waals surface area contributed by atoms with Crippen molar-refractivity contribution in [3.05, 3.63) is 53.6 Å². The van der Waals surface area contributed by atoms with E-state index in [1.54, 1.807) is 12.1 Å². The van der Waals surface area contributed by atoms with Gasteiger partial charge >= 0.3 is 0 Å². The maximum Gasteiger partial charge on any atom is 0.131 e. The number of halogens is 2. The van der Waals surface area contributed by atoms with E-state index >= 15 is 0 Å². The second kappa shape index (κ2) is 6.68. The quantitative estimate of drug-likeness (QED) is 0.900. The van der Waals surface area contributed by atoms with Gasteiger partial charge in [-0.1, -0.05) is 13.0 Å². The Balaban J connectivity index is 2.53.